The van der Waals surface area contributed by atoms with E-state index in [2.05, 4.69) is 4.72 Å². The summed E-state index contributed by atoms with van der Waals surface area (Å²) in [5, 5.41) is 10.7. The van der Waals surface area contributed by atoms with Gasteiger partial charge in [0.05, 0.1) is 22.6 Å². The van der Waals surface area contributed by atoms with Gasteiger partial charge in [-0.3, -0.25) is 0 Å². The number of imidazole rings is 1. The van der Waals surface area contributed by atoms with Crippen LogP contribution >= 0.6 is 23.2 Å². The Balaban J connectivity index is 1.37. The molecule has 0 radical (unpaired) electrons. The van der Waals surface area contributed by atoms with E-state index in [-0.39, 0.29) is 0 Å². The zero-order chi connectivity index (χ0) is 28.6. The number of ether oxygens (including phenoxy) is 1. The van der Waals surface area contributed by atoms with Crippen molar-refractivity contribution < 1.29 is 18.3 Å². The molecule has 1 aliphatic rings. The lowest BCUT2D eigenvalue weighted by molar-refractivity contribution is 0.392. The molecule has 2 N–H and O–H groups in total. The molecule has 5 aromatic rings. The van der Waals surface area contributed by atoms with Gasteiger partial charge in [0, 0.05) is 28.9 Å². The van der Waals surface area contributed by atoms with Gasteiger partial charge in [-0.2, -0.15) is 8.42 Å². The third kappa shape index (κ3) is 5.74. The number of hydrogen-bond donors (Lipinski definition) is 2. The molecule has 206 valence electrons. The topological polar surface area (TPSA) is 96.7 Å². The molecule has 8 nitrogen and oxygen atoms in total. The van der Waals surface area contributed by atoms with E-state index >= 15 is 0 Å². The highest BCUT2D eigenvalue weighted by Gasteiger charge is 2.29. The van der Waals surface area contributed by atoms with E-state index in [1.165, 1.54) is 0 Å². The number of nitrogens with one attached hydrogen (secondary N) is 1. The van der Waals surface area contributed by atoms with Gasteiger partial charge in [0.15, 0.2) is 0 Å². The average Bonchev–Trinajstić information content (AvgIpc) is 3.49. The van der Waals surface area contributed by atoms with Crippen molar-refractivity contribution in [2.45, 2.75) is 6.42 Å². The highest BCUT2D eigenvalue weighted by Crippen LogP contribution is 2.33. The summed E-state index contributed by atoms with van der Waals surface area (Å²) in [5.74, 6) is 1.69. The Morgan fingerprint density at radius 2 is 1.59 bits per heavy atom. The molecular formula is C30H22Cl2N4O4S. The van der Waals surface area contributed by atoms with Crippen molar-refractivity contribution in [3.8, 4) is 28.4 Å². The molecule has 2 heterocycles. The summed E-state index contributed by atoms with van der Waals surface area (Å²) in [6.45, 7) is 0. The van der Waals surface area contributed by atoms with Gasteiger partial charge < -0.3 is 14.4 Å². The molecule has 0 saturated heterocycles. The van der Waals surface area contributed by atoms with Crippen LogP contribution in [-0.2, 0) is 16.6 Å². The summed E-state index contributed by atoms with van der Waals surface area (Å²) in [4.78, 5) is 4.91. The Kier molecular flexibility index (Phi) is 7.08. The summed E-state index contributed by atoms with van der Waals surface area (Å²) in [6.07, 6.45) is 3.42. The monoisotopic (exact) mass is 604 g/mol. The molecule has 1 aromatic heterocycles. The summed E-state index contributed by atoms with van der Waals surface area (Å²) >= 11 is 12.6. The Hall–Kier alpha value is -4.44. The number of para-hydroxylation sites is 1. The fourth-order valence-electron chi connectivity index (χ4n) is 4.46. The van der Waals surface area contributed by atoms with E-state index in [0.717, 1.165) is 21.8 Å². The van der Waals surface area contributed by atoms with Crippen LogP contribution in [0.4, 0.5) is 5.69 Å². The van der Waals surface area contributed by atoms with Gasteiger partial charge in [-0.15, -0.1) is 0 Å². The molecule has 0 unspecified atom stereocenters. The number of aliphatic hydroxyl groups excluding tert-OH is 1. The van der Waals surface area contributed by atoms with Gasteiger partial charge in [0.2, 0.25) is 5.88 Å². The van der Waals surface area contributed by atoms with Crippen LogP contribution in [0.1, 0.15) is 11.4 Å². The Labute approximate surface area is 246 Å². The van der Waals surface area contributed by atoms with Crippen LogP contribution in [0.15, 0.2) is 115 Å². The third-order valence-corrected chi connectivity index (χ3v) is 8.19. The van der Waals surface area contributed by atoms with Gasteiger partial charge in [-0.05, 0) is 66.2 Å². The predicted octanol–water partition coefficient (Wildman–Crippen LogP) is 7.24. The number of nitrogens with zero attached hydrogens (tertiary/aromatic N) is 3. The maximum Gasteiger partial charge on any atom is 0.330 e. The van der Waals surface area contributed by atoms with Crippen LogP contribution in [0.5, 0.6) is 11.5 Å². The average molecular weight is 606 g/mol. The maximum absolute atomic E-state index is 12.5. The van der Waals surface area contributed by atoms with Crippen LogP contribution in [0, 0.1) is 0 Å². The second kappa shape index (κ2) is 10.9. The number of anilines is 1. The zero-order valence-electron chi connectivity index (χ0n) is 21.3. The van der Waals surface area contributed by atoms with E-state index < -0.39 is 16.1 Å². The first-order valence-corrected chi connectivity index (χ1v) is 14.6. The lowest BCUT2D eigenvalue weighted by Gasteiger charge is -2.16. The Morgan fingerprint density at radius 3 is 2.29 bits per heavy atom. The number of rotatable bonds is 7. The summed E-state index contributed by atoms with van der Waals surface area (Å²) < 4.78 is 35.8. The molecule has 0 aliphatic carbocycles. The predicted molar refractivity (Wildman–Crippen MR) is 160 cm³/mol. The van der Waals surface area contributed by atoms with Crippen molar-refractivity contribution in [2.24, 2.45) is 0 Å². The molecule has 41 heavy (non-hydrogen) atoms. The molecular weight excluding hydrogens is 583 g/mol. The van der Waals surface area contributed by atoms with Gasteiger partial charge >= 0.3 is 10.2 Å². The SMILES string of the molecule is O=S1(=O)NC(O)=CN1c1cccc(-n2cc(-c3ccc(Cl)cc3Cl)nc2Cc2ccc(Oc3ccccc3)cc2)c1. The molecule has 6 rings (SSSR count). The van der Waals surface area contributed by atoms with Crippen LogP contribution in [0.2, 0.25) is 10.0 Å². The number of aliphatic hydroxyl groups is 1. The quantitative estimate of drug-likeness (QED) is 0.204. The molecule has 4 aromatic carbocycles. The normalized spacial score (nSPS) is 14.0. The number of aromatic nitrogens is 2. The molecule has 0 spiro atoms. The summed E-state index contributed by atoms with van der Waals surface area (Å²) in [5.41, 5.74) is 3.33. The smallest absolute Gasteiger partial charge is 0.330 e. The van der Waals surface area contributed by atoms with Crippen molar-refractivity contribution >= 4 is 39.1 Å². The first kappa shape index (κ1) is 26.8. The maximum atomic E-state index is 12.5. The highest BCUT2D eigenvalue weighted by atomic mass is 35.5. The van der Waals surface area contributed by atoms with Crippen molar-refractivity contribution in [1.29, 1.82) is 0 Å². The standard InChI is InChI=1S/C30H22Cl2N4O4S/c31-21-11-14-26(27(32)16-21)28-18-35(22-5-4-6-23(17-22)36-19-30(37)34-41(36,38)39)29(33-28)15-20-9-12-25(13-10-20)40-24-7-2-1-3-8-24/h1-14,16-19,34,37H,15H2. The molecule has 1 aliphatic heterocycles. The summed E-state index contributed by atoms with van der Waals surface area (Å²) in [6, 6.07) is 29.4. The van der Waals surface area contributed by atoms with Crippen LogP contribution in [0.25, 0.3) is 16.9 Å². The fourth-order valence-corrected chi connectivity index (χ4v) is 6.01. The van der Waals surface area contributed by atoms with Crippen LogP contribution in [-0.4, -0.2) is 23.1 Å². The molecule has 11 heteroatoms. The van der Waals surface area contributed by atoms with E-state index in [1.807, 2.05) is 77.5 Å². The lowest BCUT2D eigenvalue weighted by Crippen LogP contribution is -2.29. The van der Waals surface area contributed by atoms with Crippen molar-refractivity contribution in [2.75, 3.05) is 4.31 Å². The van der Waals surface area contributed by atoms with E-state index in [4.69, 9.17) is 32.9 Å². The summed E-state index contributed by atoms with van der Waals surface area (Å²) in [7, 11) is -3.95. The minimum absolute atomic E-state index is 0.340. The Morgan fingerprint density at radius 1 is 0.854 bits per heavy atom. The van der Waals surface area contributed by atoms with Crippen molar-refractivity contribution in [1.82, 2.24) is 14.3 Å². The second-order valence-corrected chi connectivity index (χ2v) is 11.6. The first-order chi connectivity index (χ1) is 19.7. The molecule has 0 atom stereocenters. The zero-order valence-corrected chi connectivity index (χ0v) is 23.6. The fraction of sp³-hybridized carbons (Fsp3) is 0.0333. The number of halogens is 2. The third-order valence-electron chi connectivity index (χ3n) is 6.34. The van der Waals surface area contributed by atoms with Crippen LogP contribution < -0.4 is 13.8 Å². The van der Waals surface area contributed by atoms with E-state index in [9.17, 15) is 13.5 Å². The minimum Gasteiger partial charge on any atom is -0.493 e. The van der Waals surface area contributed by atoms with Gasteiger partial charge in [-0.1, -0.05) is 59.6 Å². The van der Waals surface area contributed by atoms with Crippen molar-refractivity contribution in [3.63, 3.8) is 0 Å². The van der Waals surface area contributed by atoms with Crippen molar-refractivity contribution in [3.05, 3.63) is 137 Å². The lowest BCUT2D eigenvalue weighted by atomic mass is 10.1. The molecule has 0 bridgehead atoms. The molecule has 0 amide bonds. The second-order valence-electron chi connectivity index (χ2n) is 9.21. The number of benzene rings is 4. The highest BCUT2D eigenvalue weighted by molar-refractivity contribution is 7.91. The minimum atomic E-state index is -3.95. The molecule has 0 saturated carbocycles. The van der Waals surface area contributed by atoms with Gasteiger partial charge in [0.1, 0.15) is 17.3 Å². The van der Waals surface area contributed by atoms with E-state index in [0.29, 0.717) is 50.7 Å². The van der Waals surface area contributed by atoms with Gasteiger partial charge in [0.25, 0.3) is 0 Å². The number of hydrogen-bond acceptors (Lipinski definition) is 5. The largest absolute Gasteiger partial charge is 0.493 e. The van der Waals surface area contributed by atoms with E-state index in [1.54, 1.807) is 30.3 Å². The molecule has 0 fully saturated rings. The Bertz CT molecular complexity index is 1870. The first-order valence-electron chi connectivity index (χ1n) is 12.4. The van der Waals surface area contributed by atoms with Gasteiger partial charge in [-0.25, -0.2) is 14.0 Å². The van der Waals surface area contributed by atoms with Crippen LogP contribution in [0.3, 0.4) is 0 Å².